The molecule has 1 aromatic rings. The first kappa shape index (κ1) is 14.4. The summed E-state index contributed by atoms with van der Waals surface area (Å²) in [4.78, 5) is 8.35. The molecule has 1 N–H and O–H groups in total. The van der Waals surface area contributed by atoms with E-state index in [0.717, 1.165) is 18.4 Å². The van der Waals surface area contributed by atoms with Gasteiger partial charge in [-0.1, -0.05) is 39.5 Å². The van der Waals surface area contributed by atoms with Gasteiger partial charge in [0.25, 0.3) is 0 Å². The van der Waals surface area contributed by atoms with Crippen LogP contribution in [0.3, 0.4) is 0 Å². The van der Waals surface area contributed by atoms with Crippen molar-refractivity contribution < 1.29 is 0 Å². The van der Waals surface area contributed by atoms with Gasteiger partial charge in [0.2, 0.25) is 0 Å². The van der Waals surface area contributed by atoms with Crippen LogP contribution in [0, 0.1) is 11.8 Å². The van der Waals surface area contributed by atoms with Gasteiger partial charge in [0.1, 0.15) is 6.33 Å². The molecule has 1 aliphatic rings. The second kappa shape index (κ2) is 7.59. The summed E-state index contributed by atoms with van der Waals surface area (Å²) in [6.45, 7) is 5.49. The van der Waals surface area contributed by atoms with Gasteiger partial charge in [0.05, 0.1) is 0 Å². The Balaban J connectivity index is 1.97. The van der Waals surface area contributed by atoms with Crippen LogP contribution in [0.15, 0.2) is 18.7 Å². The van der Waals surface area contributed by atoms with Crippen molar-refractivity contribution in [1.29, 1.82) is 0 Å². The lowest BCUT2D eigenvalue weighted by Gasteiger charge is -2.34. The maximum absolute atomic E-state index is 4.18. The summed E-state index contributed by atoms with van der Waals surface area (Å²) in [5.41, 5.74) is 1.25. The largest absolute Gasteiger partial charge is 0.310 e. The van der Waals surface area contributed by atoms with Crippen LogP contribution in [0.5, 0.6) is 0 Å². The third kappa shape index (κ3) is 4.00. The summed E-state index contributed by atoms with van der Waals surface area (Å²) >= 11 is 0. The molecule has 2 rings (SSSR count). The Morgan fingerprint density at radius 2 is 1.84 bits per heavy atom. The first-order valence-electron chi connectivity index (χ1n) is 7.83. The first-order valence-corrected chi connectivity index (χ1v) is 7.83. The number of nitrogens with one attached hydrogen (secondary N) is 1. The molecule has 0 radical (unpaired) electrons. The van der Waals surface area contributed by atoms with Crippen molar-refractivity contribution >= 4 is 0 Å². The third-order valence-corrected chi connectivity index (χ3v) is 4.42. The Kier molecular flexibility index (Phi) is 5.77. The highest BCUT2D eigenvalue weighted by atomic mass is 14.9. The van der Waals surface area contributed by atoms with Crippen molar-refractivity contribution in [2.75, 3.05) is 6.54 Å². The molecule has 0 aromatic carbocycles. The molecule has 0 aliphatic heterocycles. The molecule has 1 saturated carbocycles. The topological polar surface area (TPSA) is 37.8 Å². The maximum Gasteiger partial charge on any atom is 0.115 e. The molecule has 0 spiro atoms. The van der Waals surface area contributed by atoms with E-state index in [0.29, 0.717) is 6.04 Å². The lowest BCUT2D eigenvalue weighted by molar-refractivity contribution is 0.215. The Labute approximate surface area is 117 Å². The van der Waals surface area contributed by atoms with Crippen LogP contribution >= 0.6 is 0 Å². The number of hydrogen-bond donors (Lipinski definition) is 1. The van der Waals surface area contributed by atoms with Crippen LogP contribution in [0.2, 0.25) is 0 Å². The highest BCUT2D eigenvalue weighted by Gasteiger charge is 2.28. The molecule has 1 unspecified atom stereocenters. The summed E-state index contributed by atoms with van der Waals surface area (Å²) in [6, 6.07) is 0.439. The van der Waals surface area contributed by atoms with Crippen molar-refractivity contribution in [2.24, 2.45) is 11.8 Å². The molecule has 1 aliphatic carbocycles. The van der Waals surface area contributed by atoms with Gasteiger partial charge in [-0.3, -0.25) is 0 Å². The summed E-state index contributed by atoms with van der Waals surface area (Å²) in [7, 11) is 0. The molecular weight excluding hydrogens is 234 g/mol. The van der Waals surface area contributed by atoms with Gasteiger partial charge in [0.15, 0.2) is 0 Å². The van der Waals surface area contributed by atoms with Crippen LogP contribution in [0.25, 0.3) is 0 Å². The van der Waals surface area contributed by atoms with Gasteiger partial charge in [-0.05, 0) is 31.2 Å². The molecule has 1 aromatic heterocycles. The summed E-state index contributed by atoms with van der Waals surface area (Å²) in [5, 5.41) is 3.64. The van der Waals surface area contributed by atoms with E-state index in [2.05, 4.69) is 29.1 Å². The van der Waals surface area contributed by atoms with E-state index < -0.39 is 0 Å². The molecule has 19 heavy (non-hydrogen) atoms. The van der Waals surface area contributed by atoms with Gasteiger partial charge in [-0.15, -0.1) is 0 Å². The lowest BCUT2D eigenvalue weighted by atomic mass is 9.76. The van der Waals surface area contributed by atoms with Crippen LogP contribution in [-0.4, -0.2) is 16.5 Å². The van der Waals surface area contributed by atoms with Crippen molar-refractivity contribution in [3.05, 3.63) is 24.3 Å². The predicted octanol–water partition coefficient (Wildman–Crippen LogP) is 3.73. The fourth-order valence-electron chi connectivity index (χ4n) is 3.47. The zero-order valence-corrected chi connectivity index (χ0v) is 12.3. The normalized spacial score (nSPS) is 25.2. The molecule has 106 valence electrons. The molecule has 1 atom stereocenters. The first-order chi connectivity index (χ1) is 9.35. The summed E-state index contributed by atoms with van der Waals surface area (Å²) in [5.74, 6) is 1.72. The average Bonchev–Trinajstić information content (AvgIpc) is 2.47. The van der Waals surface area contributed by atoms with E-state index in [1.54, 1.807) is 6.33 Å². The standard InChI is InChI=1S/C16H27N3/c1-3-5-13-6-8-14(9-7-13)16(19-4-2)15-10-17-12-18-11-15/h10-14,16,19H,3-9H2,1-2H3. The molecular formula is C16H27N3. The predicted molar refractivity (Wildman–Crippen MR) is 78.8 cm³/mol. The van der Waals surface area contributed by atoms with E-state index in [-0.39, 0.29) is 0 Å². The molecule has 0 saturated heterocycles. The minimum absolute atomic E-state index is 0.439. The summed E-state index contributed by atoms with van der Waals surface area (Å²) < 4.78 is 0. The fraction of sp³-hybridized carbons (Fsp3) is 0.750. The SMILES string of the molecule is CCCC1CCC(C(NCC)c2cncnc2)CC1. The van der Waals surface area contributed by atoms with E-state index >= 15 is 0 Å². The van der Waals surface area contributed by atoms with Crippen molar-refractivity contribution in [3.63, 3.8) is 0 Å². The average molecular weight is 261 g/mol. The van der Waals surface area contributed by atoms with Gasteiger partial charge in [-0.25, -0.2) is 9.97 Å². The number of aromatic nitrogens is 2. The zero-order chi connectivity index (χ0) is 13.5. The smallest absolute Gasteiger partial charge is 0.115 e. The van der Waals surface area contributed by atoms with E-state index in [1.807, 2.05) is 12.4 Å². The molecule has 0 bridgehead atoms. The molecule has 1 fully saturated rings. The highest BCUT2D eigenvalue weighted by Crippen LogP contribution is 2.38. The minimum atomic E-state index is 0.439. The van der Waals surface area contributed by atoms with Gasteiger partial charge in [-0.2, -0.15) is 0 Å². The highest BCUT2D eigenvalue weighted by molar-refractivity contribution is 5.11. The number of rotatable bonds is 6. The number of hydrogen-bond acceptors (Lipinski definition) is 3. The monoisotopic (exact) mass is 261 g/mol. The van der Waals surface area contributed by atoms with Gasteiger partial charge < -0.3 is 5.32 Å². The number of nitrogens with zero attached hydrogens (tertiary/aromatic N) is 2. The van der Waals surface area contributed by atoms with Gasteiger partial charge >= 0.3 is 0 Å². The summed E-state index contributed by atoms with van der Waals surface area (Å²) in [6.07, 6.45) is 13.8. The van der Waals surface area contributed by atoms with Gasteiger partial charge in [0, 0.05) is 24.0 Å². The van der Waals surface area contributed by atoms with Crippen molar-refractivity contribution in [3.8, 4) is 0 Å². The fourth-order valence-corrected chi connectivity index (χ4v) is 3.47. The Bertz CT molecular complexity index is 344. The van der Waals surface area contributed by atoms with E-state index in [4.69, 9.17) is 0 Å². The Morgan fingerprint density at radius 3 is 2.42 bits per heavy atom. The quantitative estimate of drug-likeness (QED) is 0.848. The molecule has 3 nitrogen and oxygen atoms in total. The Hall–Kier alpha value is -0.960. The van der Waals surface area contributed by atoms with Crippen molar-refractivity contribution in [1.82, 2.24) is 15.3 Å². The Morgan fingerprint density at radius 1 is 1.16 bits per heavy atom. The molecule has 3 heteroatoms. The minimum Gasteiger partial charge on any atom is -0.310 e. The van der Waals surface area contributed by atoms with Crippen LogP contribution < -0.4 is 5.32 Å². The second-order valence-corrected chi connectivity index (χ2v) is 5.78. The maximum atomic E-state index is 4.18. The van der Waals surface area contributed by atoms with Crippen LogP contribution in [0.4, 0.5) is 0 Å². The lowest BCUT2D eigenvalue weighted by Crippen LogP contribution is -2.31. The van der Waals surface area contributed by atoms with E-state index in [1.165, 1.54) is 44.1 Å². The second-order valence-electron chi connectivity index (χ2n) is 5.78. The third-order valence-electron chi connectivity index (χ3n) is 4.42. The van der Waals surface area contributed by atoms with Crippen LogP contribution in [0.1, 0.15) is 64.0 Å². The molecule has 0 amide bonds. The van der Waals surface area contributed by atoms with E-state index in [9.17, 15) is 0 Å². The van der Waals surface area contributed by atoms with Crippen LogP contribution in [-0.2, 0) is 0 Å². The molecule has 1 heterocycles. The zero-order valence-electron chi connectivity index (χ0n) is 12.3. The van der Waals surface area contributed by atoms with Crippen molar-refractivity contribution in [2.45, 2.75) is 58.4 Å².